The molecule has 2 atom stereocenters. The van der Waals surface area contributed by atoms with Crippen molar-refractivity contribution < 1.29 is 28.2 Å². The monoisotopic (exact) mass is 234 g/mol. The van der Waals surface area contributed by atoms with E-state index in [1.807, 2.05) is 0 Å². The molecule has 0 amide bonds. The minimum atomic E-state index is -1.65. The first kappa shape index (κ1) is 12.5. The predicted molar refractivity (Wildman–Crippen MR) is 48.1 cm³/mol. The van der Waals surface area contributed by atoms with E-state index in [-0.39, 0.29) is 5.56 Å². The van der Waals surface area contributed by atoms with Crippen LogP contribution in [-0.2, 0) is 4.79 Å². The predicted octanol–water partition coefficient (Wildman–Crippen LogP) is 1.86. The van der Waals surface area contributed by atoms with Crippen LogP contribution in [0.3, 0.4) is 0 Å². The van der Waals surface area contributed by atoms with Gasteiger partial charge < -0.3 is 10.2 Å². The highest BCUT2D eigenvalue weighted by molar-refractivity contribution is 5.70. The second kappa shape index (κ2) is 4.52. The van der Waals surface area contributed by atoms with Crippen molar-refractivity contribution in [1.29, 1.82) is 0 Å². The fourth-order valence-corrected chi connectivity index (χ4v) is 1.17. The van der Waals surface area contributed by atoms with E-state index < -0.39 is 35.4 Å². The highest BCUT2D eigenvalue weighted by Crippen LogP contribution is 2.25. The largest absolute Gasteiger partial charge is 0.481 e. The normalized spacial score (nSPS) is 14.6. The Morgan fingerprint density at radius 1 is 1.25 bits per heavy atom. The highest BCUT2D eigenvalue weighted by atomic mass is 19.2. The third kappa shape index (κ3) is 2.33. The maximum Gasteiger partial charge on any atom is 0.309 e. The van der Waals surface area contributed by atoms with Gasteiger partial charge in [-0.3, -0.25) is 4.79 Å². The molecule has 6 heteroatoms. The van der Waals surface area contributed by atoms with Crippen LogP contribution in [0.15, 0.2) is 12.1 Å². The molecule has 0 saturated heterocycles. The molecule has 0 aliphatic carbocycles. The average molecular weight is 234 g/mol. The van der Waals surface area contributed by atoms with E-state index in [0.29, 0.717) is 12.1 Å². The molecule has 0 aliphatic heterocycles. The first-order valence-electron chi connectivity index (χ1n) is 4.40. The summed E-state index contributed by atoms with van der Waals surface area (Å²) >= 11 is 0. The third-order valence-electron chi connectivity index (χ3n) is 2.21. The topological polar surface area (TPSA) is 57.5 Å². The lowest BCUT2D eigenvalue weighted by molar-refractivity contribution is -0.145. The number of aliphatic hydroxyl groups excluding tert-OH is 1. The number of carboxylic acid groups (broad SMARTS) is 1. The zero-order valence-electron chi connectivity index (χ0n) is 8.25. The molecule has 2 N–H and O–H groups in total. The van der Waals surface area contributed by atoms with Crippen LogP contribution in [-0.4, -0.2) is 16.2 Å². The molecular formula is C10H9F3O3. The van der Waals surface area contributed by atoms with Gasteiger partial charge in [0, 0.05) is 0 Å². The zero-order chi connectivity index (χ0) is 12.5. The molecule has 16 heavy (non-hydrogen) atoms. The lowest BCUT2D eigenvalue weighted by Gasteiger charge is -2.15. The molecule has 2 unspecified atom stereocenters. The molecule has 1 aromatic rings. The second-order valence-corrected chi connectivity index (χ2v) is 3.37. The van der Waals surface area contributed by atoms with Gasteiger partial charge in [-0.2, -0.15) is 0 Å². The molecule has 0 saturated carbocycles. The second-order valence-electron chi connectivity index (χ2n) is 3.37. The molecule has 0 fully saturated rings. The summed E-state index contributed by atoms with van der Waals surface area (Å²) in [7, 11) is 0. The summed E-state index contributed by atoms with van der Waals surface area (Å²) in [5.74, 6) is -7.15. The summed E-state index contributed by atoms with van der Waals surface area (Å²) in [4.78, 5) is 10.5. The van der Waals surface area contributed by atoms with Crippen molar-refractivity contribution in [3.63, 3.8) is 0 Å². The quantitative estimate of drug-likeness (QED) is 0.785. The number of aliphatic hydroxyl groups is 1. The Morgan fingerprint density at radius 3 is 2.06 bits per heavy atom. The van der Waals surface area contributed by atoms with Crippen molar-refractivity contribution in [2.75, 3.05) is 0 Å². The zero-order valence-corrected chi connectivity index (χ0v) is 8.25. The number of benzene rings is 1. The van der Waals surface area contributed by atoms with E-state index in [9.17, 15) is 23.1 Å². The summed E-state index contributed by atoms with van der Waals surface area (Å²) < 4.78 is 38.2. The minimum absolute atomic E-state index is 0.314. The fraction of sp³-hybridized carbons (Fsp3) is 0.300. The molecule has 88 valence electrons. The van der Waals surface area contributed by atoms with Gasteiger partial charge in [-0.1, -0.05) is 0 Å². The standard InChI is InChI=1S/C10H9F3O3/c1-4(10(15)16)9(14)5-2-6(11)8(13)7(12)3-5/h2-4,9,14H,1H3,(H,15,16). The maximum absolute atomic E-state index is 12.8. The van der Waals surface area contributed by atoms with Gasteiger partial charge >= 0.3 is 5.97 Å². The molecule has 0 heterocycles. The van der Waals surface area contributed by atoms with Crippen molar-refractivity contribution in [1.82, 2.24) is 0 Å². The Labute approximate surface area is 89.1 Å². The van der Waals surface area contributed by atoms with Crippen molar-refractivity contribution in [2.45, 2.75) is 13.0 Å². The lowest BCUT2D eigenvalue weighted by Crippen LogP contribution is -2.19. The van der Waals surface area contributed by atoms with Gasteiger partial charge in [0.1, 0.15) is 0 Å². The fourth-order valence-electron chi connectivity index (χ4n) is 1.17. The molecular weight excluding hydrogens is 225 g/mol. The van der Waals surface area contributed by atoms with Gasteiger partial charge in [0.15, 0.2) is 17.5 Å². The molecule has 0 aromatic heterocycles. The molecule has 1 aromatic carbocycles. The van der Waals surface area contributed by atoms with Crippen LogP contribution < -0.4 is 0 Å². The van der Waals surface area contributed by atoms with Gasteiger partial charge in [0.2, 0.25) is 0 Å². The summed E-state index contributed by atoms with van der Waals surface area (Å²) in [6.07, 6.45) is -1.60. The number of carbonyl (C=O) groups is 1. The van der Waals surface area contributed by atoms with Crippen molar-refractivity contribution in [3.05, 3.63) is 35.1 Å². The van der Waals surface area contributed by atoms with E-state index in [1.165, 1.54) is 6.92 Å². The van der Waals surface area contributed by atoms with Crippen molar-refractivity contribution in [3.8, 4) is 0 Å². The summed E-state index contributed by atoms with van der Waals surface area (Å²) in [6.45, 7) is 1.17. The number of hydrogen-bond acceptors (Lipinski definition) is 2. The number of rotatable bonds is 3. The van der Waals surface area contributed by atoms with Crippen LogP contribution in [0.1, 0.15) is 18.6 Å². The molecule has 0 spiro atoms. The number of aliphatic carboxylic acids is 1. The Bertz CT molecular complexity index is 397. The van der Waals surface area contributed by atoms with Crippen molar-refractivity contribution in [2.24, 2.45) is 5.92 Å². The van der Waals surface area contributed by atoms with E-state index in [2.05, 4.69) is 0 Å². The maximum atomic E-state index is 12.8. The third-order valence-corrected chi connectivity index (χ3v) is 2.21. The van der Waals surface area contributed by atoms with Crippen LogP contribution in [0.25, 0.3) is 0 Å². The Morgan fingerprint density at radius 2 is 1.69 bits per heavy atom. The first-order chi connectivity index (χ1) is 7.34. The molecule has 0 bridgehead atoms. The lowest BCUT2D eigenvalue weighted by atomic mass is 9.97. The Balaban J connectivity index is 3.10. The van der Waals surface area contributed by atoms with Crippen LogP contribution >= 0.6 is 0 Å². The van der Waals surface area contributed by atoms with Crippen LogP contribution in [0.5, 0.6) is 0 Å². The Hall–Kier alpha value is -1.56. The van der Waals surface area contributed by atoms with E-state index in [1.54, 1.807) is 0 Å². The van der Waals surface area contributed by atoms with Gasteiger partial charge in [-0.25, -0.2) is 13.2 Å². The average Bonchev–Trinajstić information content (AvgIpc) is 2.22. The SMILES string of the molecule is CC(C(=O)O)C(O)c1cc(F)c(F)c(F)c1. The Kier molecular flexibility index (Phi) is 3.54. The first-order valence-corrected chi connectivity index (χ1v) is 4.40. The van der Waals surface area contributed by atoms with Gasteiger partial charge in [-0.05, 0) is 24.6 Å². The number of hydrogen-bond donors (Lipinski definition) is 2. The summed E-state index contributed by atoms with van der Waals surface area (Å²) in [6, 6.07) is 1.14. The smallest absolute Gasteiger partial charge is 0.309 e. The van der Waals surface area contributed by atoms with Crippen LogP contribution in [0, 0.1) is 23.4 Å². The van der Waals surface area contributed by atoms with E-state index in [4.69, 9.17) is 5.11 Å². The number of carboxylic acids is 1. The van der Waals surface area contributed by atoms with E-state index >= 15 is 0 Å². The highest BCUT2D eigenvalue weighted by Gasteiger charge is 2.25. The molecule has 3 nitrogen and oxygen atoms in total. The number of halogens is 3. The van der Waals surface area contributed by atoms with Crippen LogP contribution in [0.4, 0.5) is 13.2 Å². The van der Waals surface area contributed by atoms with Gasteiger partial charge in [-0.15, -0.1) is 0 Å². The van der Waals surface area contributed by atoms with Gasteiger partial charge in [0.05, 0.1) is 12.0 Å². The molecule has 1 rings (SSSR count). The van der Waals surface area contributed by atoms with Crippen LogP contribution in [0.2, 0.25) is 0 Å². The molecule has 0 radical (unpaired) electrons. The summed E-state index contributed by atoms with van der Waals surface area (Å²) in [5.41, 5.74) is -0.314. The minimum Gasteiger partial charge on any atom is -0.481 e. The summed E-state index contributed by atoms with van der Waals surface area (Å²) in [5, 5.41) is 18.0. The molecule has 0 aliphatic rings. The van der Waals surface area contributed by atoms with Crippen molar-refractivity contribution >= 4 is 5.97 Å². The van der Waals surface area contributed by atoms with E-state index in [0.717, 1.165) is 0 Å². The van der Waals surface area contributed by atoms with Gasteiger partial charge in [0.25, 0.3) is 0 Å².